The van der Waals surface area contributed by atoms with Gasteiger partial charge >= 0.3 is 11.9 Å². The lowest BCUT2D eigenvalue weighted by atomic mass is 9.99. The molecule has 1 aliphatic heterocycles. The maximum Gasteiger partial charge on any atom is 0.328 e. The minimum absolute atomic E-state index is 0.215. The van der Waals surface area contributed by atoms with E-state index in [0.717, 1.165) is 35.2 Å². The van der Waals surface area contributed by atoms with E-state index in [2.05, 4.69) is 39.9 Å². The summed E-state index contributed by atoms with van der Waals surface area (Å²) in [6.07, 6.45) is 1.84. The van der Waals surface area contributed by atoms with E-state index in [1.807, 2.05) is 7.05 Å². The second-order valence-electron chi connectivity index (χ2n) is 7.10. The fraction of sp³-hybridized carbons (Fsp3) is 0.174. The molecule has 0 aliphatic carbocycles. The molecule has 0 spiro atoms. The van der Waals surface area contributed by atoms with Gasteiger partial charge in [0.2, 0.25) is 0 Å². The number of H-pyrrole nitrogens is 1. The molecule has 9 heteroatoms. The number of aromatic nitrogens is 1. The van der Waals surface area contributed by atoms with Crippen molar-refractivity contribution in [1.82, 2.24) is 15.6 Å². The molecule has 0 unspecified atom stereocenters. The number of carbonyl (C=O) groups excluding carboxylic acids is 1. The molecule has 2 aromatic carbocycles. The number of carboxylic acids is 2. The van der Waals surface area contributed by atoms with Crippen molar-refractivity contribution in [3.63, 3.8) is 0 Å². The predicted octanol–water partition coefficient (Wildman–Crippen LogP) is 2.69. The van der Waals surface area contributed by atoms with Gasteiger partial charge in [0.05, 0.1) is 5.56 Å². The monoisotopic (exact) mass is 439 g/mol. The Kier molecular flexibility index (Phi) is 7.01. The molecule has 0 atom stereocenters. The number of carbonyl (C=O) groups is 3. The topological polar surface area (TPSA) is 132 Å². The SMILES string of the molecule is CNCc1ccc(-c2[nH]c3cc(F)cc4c3c2CCNC4=O)cc1.O=C(O)/C=C\C(=O)O. The van der Waals surface area contributed by atoms with Crippen LogP contribution in [0.3, 0.4) is 0 Å². The molecule has 4 rings (SSSR count). The first-order chi connectivity index (χ1) is 15.3. The smallest absolute Gasteiger partial charge is 0.328 e. The molecule has 0 bridgehead atoms. The lowest BCUT2D eigenvalue weighted by Crippen LogP contribution is -2.23. The van der Waals surface area contributed by atoms with Gasteiger partial charge in [-0.1, -0.05) is 24.3 Å². The Morgan fingerprint density at radius 2 is 1.78 bits per heavy atom. The Morgan fingerprint density at radius 3 is 2.38 bits per heavy atom. The van der Waals surface area contributed by atoms with Gasteiger partial charge in [-0.25, -0.2) is 14.0 Å². The maximum absolute atomic E-state index is 13.9. The van der Waals surface area contributed by atoms with Crippen LogP contribution in [0.25, 0.3) is 22.2 Å². The lowest BCUT2D eigenvalue weighted by molar-refractivity contribution is -0.134. The molecule has 0 saturated heterocycles. The summed E-state index contributed by atoms with van der Waals surface area (Å²) >= 11 is 0. The number of aliphatic carboxylic acids is 2. The van der Waals surface area contributed by atoms with E-state index in [-0.39, 0.29) is 5.91 Å². The van der Waals surface area contributed by atoms with Gasteiger partial charge in [-0.05, 0) is 42.3 Å². The summed E-state index contributed by atoms with van der Waals surface area (Å²) in [5.41, 5.74) is 5.36. The van der Waals surface area contributed by atoms with Crippen LogP contribution in [0.4, 0.5) is 4.39 Å². The number of carboxylic acid groups (broad SMARTS) is 2. The highest BCUT2D eigenvalue weighted by Gasteiger charge is 2.23. The van der Waals surface area contributed by atoms with Crippen molar-refractivity contribution in [3.8, 4) is 11.3 Å². The minimum atomic E-state index is -1.26. The third kappa shape index (κ3) is 5.19. The summed E-state index contributed by atoms with van der Waals surface area (Å²) in [6.45, 7) is 1.36. The van der Waals surface area contributed by atoms with E-state index in [0.29, 0.717) is 29.8 Å². The first-order valence-corrected chi connectivity index (χ1v) is 9.80. The first kappa shape index (κ1) is 22.7. The van der Waals surface area contributed by atoms with Gasteiger partial charge in [-0.15, -0.1) is 0 Å². The Balaban J connectivity index is 0.000000312. The Hall–Kier alpha value is -3.98. The van der Waals surface area contributed by atoms with Crippen LogP contribution >= 0.6 is 0 Å². The average Bonchev–Trinajstić information content (AvgIpc) is 3.02. The van der Waals surface area contributed by atoms with Crippen molar-refractivity contribution < 1.29 is 29.0 Å². The standard InChI is InChI=1S/C19H18FN3O.C4H4O4/c1-21-10-11-2-4-12(5-3-11)18-14-6-7-22-19(24)15-8-13(20)9-16(23-18)17(14)15;5-3(6)1-2-4(7)8/h2-5,8-9,21,23H,6-7,10H2,1H3,(H,22,24);1-2H,(H,5,6)(H,7,8)/b;2-1-. The molecular weight excluding hydrogens is 417 g/mol. The van der Waals surface area contributed by atoms with E-state index in [9.17, 15) is 18.8 Å². The molecular formula is C23H22FN3O5. The molecule has 5 N–H and O–H groups in total. The summed E-state index contributed by atoms with van der Waals surface area (Å²) in [5.74, 6) is -3.13. The number of hydrogen-bond acceptors (Lipinski definition) is 4. The second kappa shape index (κ2) is 9.88. The van der Waals surface area contributed by atoms with Crippen molar-refractivity contribution in [3.05, 3.63) is 71.1 Å². The summed E-state index contributed by atoms with van der Waals surface area (Å²) in [7, 11) is 1.92. The zero-order valence-corrected chi connectivity index (χ0v) is 17.2. The normalized spacial score (nSPS) is 12.8. The van der Waals surface area contributed by atoms with Crippen molar-refractivity contribution in [1.29, 1.82) is 0 Å². The molecule has 0 fully saturated rings. The number of amides is 1. The molecule has 1 aromatic heterocycles. The quantitative estimate of drug-likeness (QED) is 0.389. The maximum atomic E-state index is 13.9. The molecule has 1 aliphatic rings. The van der Waals surface area contributed by atoms with Gasteiger partial charge in [-0.3, -0.25) is 4.79 Å². The van der Waals surface area contributed by atoms with E-state index >= 15 is 0 Å². The van der Waals surface area contributed by atoms with Crippen LogP contribution in [0.15, 0.2) is 48.6 Å². The van der Waals surface area contributed by atoms with Crippen molar-refractivity contribution in [2.75, 3.05) is 13.6 Å². The molecule has 32 heavy (non-hydrogen) atoms. The zero-order valence-electron chi connectivity index (χ0n) is 17.2. The van der Waals surface area contributed by atoms with Crippen molar-refractivity contribution in [2.45, 2.75) is 13.0 Å². The Labute approximate surface area is 182 Å². The van der Waals surface area contributed by atoms with Crippen LogP contribution in [0, 0.1) is 5.82 Å². The van der Waals surface area contributed by atoms with Crippen LogP contribution < -0.4 is 10.6 Å². The van der Waals surface area contributed by atoms with Crippen LogP contribution in [0.2, 0.25) is 0 Å². The molecule has 2 heterocycles. The highest BCUT2D eigenvalue weighted by atomic mass is 19.1. The van der Waals surface area contributed by atoms with E-state index < -0.39 is 17.8 Å². The van der Waals surface area contributed by atoms with E-state index in [4.69, 9.17) is 10.2 Å². The van der Waals surface area contributed by atoms with Crippen LogP contribution in [0.5, 0.6) is 0 Å². The van der Waals surface area contributed by atoms with Crippen molar-refractivity contribution in [2.24, 2.45) is 0 Å². The fourth-order valence-corrected chi connectivity index (χ4v) is 3.57. The van der Waals surface area contributed by atoms with Crippen LogP contribution in [0.1, 0.15) is 21.5 Å². The number of hydrogen-bond donors (Lipinski definition) is 5. The lowest BCUT2D eigenvalue weighted by Gasteiger charge is -2.06. The summed E-state index contributed by atoms with van der Waals surface area (Å²) in [6, 6.07) is 11.0. The number of benzene rings is 2. The third-order valence-electron chi connectivity index (χ3n) is 4.86. The summed E-state index contributed by atoms with van der Waals surface area (Å²) < 4.78 is 13.9. The highest BCUT2D eigenvalue weighted by Crippen LogP contribution is 2.34. The fourth-order valence-electron chi connectivity index (χ4n) is 3.57. The van der Waals surface area contributed by atoms with E-state index in [1.54, 1.807) is 0 Å². The minimum Gasteiger partial charge on any atom is -0.478 e. The van der Waals surface area contributed by atoms with E-state index in [1.165, 1.54) is 17.7 Å². The average molecular weight is 439 g/mol. The van der Waals surface area contributed by atoms with Crippen molar-refractivity contribution >= 4 is 28.7 Å². The third-order valence-corrected chi connectivity index (χ3v) is 4.86. The van der Waals surface area contributed by atoms with Crippen LogP contribution in [-0.4, -0.2) is 46.6 Å². The molecule has 8 nitrogen and oxygen atoms in total. The van der Waals surface area contributed by atoms with Gasteiger partial charge in [-0.2, -0.15) is 0 Å². The predicted molar refractivity (Wildman–Crippen MR) is 117 cm³/mol. The summed E-state index contributed by atoms with van der Waals surface area (Å²) in [5, 5.41) is 22.4. The largest absolute Gasteiger partial charge is 0.478 e. The van der Waals surface area contributed by atoms with Gasteiger partial charge < -0.3 is 25.8 Å². The number of nitrogens with one attached hydrogen (secondary N) is 3. The zero-order chi connectivity index (χ0) is 23.3. The van der Waals surface area contributed by atoms with Gasteiger partial charge in [0.15, 0.2) is 0 Å². The number of aromatic amines is 1. The highest BCUT2D eigenvalue weighted by molar-refractivity contribution is 6.10. The molecule has 0 radical (unpaired) electrons. The number of halogens is 1. The van der Waals surface area contributed by atoms with Crippen LogP contribution in [-0.2, 0) is 22.6 Å². The van der Waals surface area contributed by atoms with Gasteiger partial charge in [0.1, 0.15) is 5.82 Å². The number of rotatable bonds is 5. The second-order valence-corrected chi connectivity index (χ2v) is 7.10. The van der Waals surface area contributed by atoms with Gasteiger partial charge in [0, 0.05) is 41.8 Å². The first-order valence-electron chi connectivity index (χ1n) is 9.80. The Morgan fingerprint density at radius 1 is 1.12 bits per heavy atom. The summed E-state index contributed by atoms with van der Waals surface area (Å²) in [4.78, 5) is 34.6. The molecule has 1 amide bonds. The molecule has 166 valence electrons. The Bertz CT molecular complexity index is 1180. The molecule has 3 aromatic rings. The van der Waals surface area contributed by atoms with Gasteiger partial charge in [0.25, 0.3) is 5.91 Å². The molecule has 0 saturated carbocycles.